The Morgan fingerprint density at radius 2 is 2.00 bits per heavy atom. The van der Waals surface area contributed by atoms with Gasteiger partial charge in [-0.1, -0.05) is 29.8 Å². The Kier molecular flexibility index (Phi) is 4.77. The summed E-state index contributed by atoms with van der Waals surface area (Å²) in [5.74, 6) is 0.244. The summed E-state index contributed by atoms with van der Waals surface area (Å²) in [7, 11) is 0. The molecule has 1 aromatic carbocycles. The van der Waals surface area contributed by atoms with E-state index in [9.17, 15) is 9.59 Å². The lowest BCUT2D eigenvalue weighted by Gasteiger charge is -2.30. The number of nitrogens with one attached hydrogen (secondary N) is 1. The molecule has 0 aromatic heterocycles. The molecule has 1 aliphatic heterocycles. The number of carbonyl (C=O) groups excluding carboxylic acids is 2. The van der Waals surface area contributed by atoms with Crippen molar-refractivity contribution < 1.29 is 9.59 Å². The fourth-order valence-electron chi connectivity index (χ4n) is 2.61. The van der Waals surface area contributed by atoms with Crippen LogP contribution in [0.4, 0.5) is 0 Å². The molecule has 1 aliphatic rings. The molecule has 0 saturated carbocycles. The molecule has 4 nitrogen and oxygen atoms in total. The van der Waals surface area contributed by atoms with Crippen LogP contribution in [0, 0.1) is 12.8 Å². The summed E-state index contributed by atoms with van der Waals surface area (Å²) in [4.78, 5) is 25.2. The van der Waals surface area contributed by atoms with Crippen molar-refractivity contribution in [2.24, 2.45) is 5.92 Å². The summed E-state index contributed by atoms with van der Waals surface area (Å²) in [6.07, 6.45) is 1.53. The Hall–Kier alpha value is -1.84. The summed E-state index contributed by atoms with van der Waals surface area (Å²) in [6, 6.07) is 8.15. The highest BCUT2D eigenvalue weighted by Gasteiger charge is 2.25. The number of likely N-dealkylation sites (tertiary alicyclic amines) is 1. The molecule has 0 unspecified atom stereocenters. The fraction of sp³-hybridized carbons (Fsp3) is 0.500. The predicted molar refractivity (Wildman–Crippen MR) is 78.0 cm³/mol. The second-order valence-corrected chi connectivity index (χ2v) is 5.49. The summed E-state index contributed by atoms with van der Waals surface area (Å²) < 4.78 is 0. The molecule has 0 radical (unpaired) electrons. The van der Waals surface area contributed by atoms with Gasteiger partial charge in [-0.3, -0.25) is 9.59 Å². The van der Waals surface area contributed by atoms with Gasteiger partial charge in [-0.05, 0) is 25.3 Å². The van der Waals surface area contributed by atoms with Crippen LogP contribution in [-0.2, 0) is 16.1 Å². The number of amides is 2. The molecule has 0 spiro atoms. The smallest absolute Gasteiger partial charge is 0.223 e. The van der Waals surface area contributed by atoms with E-state index in [1.165, 1.54) is 5.56 Å². The Morgan fingerprint density at radius 3 is 2.60 bits per heavy atom. The maximum Gasteiger partial charge on any atom is 0.223 e. The van der Waals surface area contributed by atoms with Crippen LogP contribution in [0.5, 0.6) is 0 Å². The van der Waals surface area contributed by atoms with E-state index in [1.807, 2.05) is 30.0 Å². The third-order valence-electron chi connectivity index (χ3n) is 3.86. The van der Waals surface area contributed by atoms with Gasteiger partial charge >= 0.3 is 0 Å². The summed E-state index contributed by atoms with van der Waals surface area (Å²) >= 11 is 0. The van der Waals surface area contributed by atoms with Gasteiger partial charge in [0.2, 0.25) is 11.8 Å². The molecule has 1 fully saturated rings. The lowest BCUT2D eigenvalue weighted by molar-refractivity contribution is -0.134. The average Bonchev–Trinajstić information content (AvgIpc) is 2.45. The van der Waals surface area contributed by atoms with Gasteiger partial charge in [0, 0.05) is 32.5 Å². The highest BCUT2D eigenvalue weighted by Crippen LogP contribution is 2.17. The van der Waals surface area contributed by atoms with E-state index >= 15 is 0 Å². The van der Waals surface area contributed by atoms with Crippen molar-refractivity contribution in [3.05, 3.63) is 35.4 Å². The zero-order valence-corrected chi connectivity index (χ0v) is 12.2. The Morgan fingerprint density at radius 1 is 1.30 bits per heavy atom. The van der Waals surface area contributed by atoms with E-state index in [1.54, 1.807) is 6.92 Å². The van der Waals surface area contributed by atoms with E-state index in [4.69, 9.17) is 0 Å². The molecule has 108 valence electrons. The summed E-state index contributed by atoms with van der Waals surface area (Å²) in [6.45, 7) is 5.59. The largest absolute Gasteiger partial charge is 0.352 e. The maximum absolute atomic E-state index is 12.1. The zero-order chi connectivity index (χ0) is 14.5. The number of benzene rings is 1. The molecular weight excluding hydrogens is 252 g/mol. The molecule has 1 aromatic rings. The normalized spacial score (nSPS) is 16.0. The van der Waals surface area contributed by atoms with Crippen molar-refractivity contribution in [3.63, 3.8) is 0 Å². The first-order chi connectivity index (χ1) is 9.56. The topological polar surface area (TPSA) is 49.4 Å². The number of carbonyl (C=O) groups is 2. The number of rotatable bonds is 3. The van der Waals surface area contributed by atoms with Crippen LogP contribution < -0.4 is 5.32 Å². The van der Waals surface area contributed by atoms with E-state index in [2.05, 4.69) is 11.4 Å². The van der Waals surface area contributed by atoms with Crippen LogP contribution in [0.3, 0.4) is 0 Å². The standard InChI is InChI=1S/C16H22N2O2/c1-12-4-3-5-14(10-12)11-17-16(20)15-6-8-18(9-7-15)13(2)19/h3-5,10,15H,6-9,11H2,1-2H3,(H,17,20). The predicted octanol–water partition coefficient (Wildman–Crippen LogP) is 1.87. The Bertz CT molecular complexity index is 491. The minimum atomic E-state index is 0.0374. The third-order valence-corrected chi connectivity index (χ3v) is 3.86. The Labute approximate surface area is 120 Å². The average molecular weight is 274 g/mol. The molecule has 0 bridgehead atoms. The van der Waals surface area contributed by atoms with Crippen LogP contribution >= 0.6 is 0 Å². The van der Waals surface area contributed by atoms with Crippen molar-refractivity contribution in [1.82, 2.24) is 10.2 Å². The van der Waals surface area contributed by atoms with Crippen molar-refractivity contribution in [2.75, 3.05) is 13.1 Å². The number of aryl methyl sites for hydroxylation is 1. The molecule has 0 aliphatic carbocycles. The molecule has 4 heteroatoms. The minimum Gasteiger partial charge on any atom is -0.352 e. The second-order valence-electron chi connectivity index (χ2n) is 5.49. The summed E-state index contributed by atoms with van der Waals surface area (Å²) in [5.41, 5.74) is 2.33. The van der Waals surface area contributed by atoms with Crippen LogP contribution in [0.2, 0.25) is 0 Å². The van der Waals surface area contributed by atoms with Crippen molar-refractivity contribution in [3.8, 4) is 0 Å². The van der Waals surface area contributed by atoms with Crippen molar-refractivity contribution >= 4 is 11.8 Å². The van der Waals surface area contributed by atoms with Gasteiger partial charge in [0.1, 0.15) is 0 Å². The van der Waals surface area contributed by atoms with Gasteiger partial charge in [0.05, 0.1) is 0 Å². The Balaban J connectivity index is 1.80. The number of piperidine rings is 1. The monoisotopic (exact) mass is 274 g/mol. The van der Waals surface area contributed by atoms with Gasteiger partial charge < -0.3 is 10.2 Å². The van der Waals surface area contributed by atoms with Gasteiger partial charge in [-0.25, -0.2) is 0 Å². The molecule has 2 amide bonds. The molecule has 0 atom stereocenters. The van der Waals surface area contributed by atoms with Crippen molar-refractivity contribution in [1.29, 1.82) is 0 Å². The van der Waals surface area contributed by atoms with Crippen LogP contribution in [0.15, 0.2) is 24.3 Å². The zero-order valence-electron chi connectivity index (χ0n) is 12.2. The highest BCUT2D eigenvalue weighted by molar-refractivity contribution is 5.79. The van der Waals surface area contributed by atoms with Crippen molar-refractivity contribution in [2.45, 2.75) is 33.2 Å². The number of hydrogen-bond donors (Lipinski definition) is 1. The minimum absolute atomic E-state index is 0.0374. The lowest BCUT2D eigenvalue weighted by Crippen LogP contribution is -2.42. The van der Waals surface area contributed by atoms with Crippen LogP contribution in [-0.4, -0.2) is 29.8 Å². The van der Waals surface area contributed by atoms with E-state index in [0.29, 0.717) is 19.6 Å². The van der Waals surface area contributed by atoms with Gasteiger partial charge in [0.15, 0.2) is 0 Å². The lowest BCUT2D eigenvalue weighted by atomic mass is 9.96. The maximum atomic E-state index is 12.1. The third kappa shape index (κ3) is 3.83. The first kappa shape index (κ1) is 14.6. The van der Waals surface area contributed by atoms with Gasteiger partial charge in [0.25, 0.3) is 0 Å². The quantitative estimate of drug-likeness (QED) is 0.914. The van der Waals surface area contributed by atoms with E-state index in [0.717, 1.165) is 18.4 Å². The summed E-state index contributed by atoms with van der Waals surface area (Å²) in [5, 5.41) is 3.00. The van der Waals surface area contributed by atoms with Crippen LogP contribution in [0.25, 0.3) is 0 Å². The molecule has 2 rings (SSSR count). The van der Waals surface area contributed by atoms with E-state index < -0.39 is 0 Å². The highest BCUT2D eigenvalue weighted by atomic mass is 16.2. The number of hydrogen-bond acceptors (Lipinski definition) is 2. The molecule has 1 heterocycles. The van der Waals surface area contributed by atoms with E-state index in [-0.39, 0.29) is 17.7 Å². The fourth-order valence-corrected chi connectivity index (χ4v) is 2.61. The first-order valence-electron chi connectivity index (χ1n) is 7.15. The second kappa shape index (κ2) is 6.55. The van der Waals surface area contributed by atoms with Gasteiger partial charge in [-0.2, -0.15) is 0 Å². The number of nitrogens with zero attached hydrogens (tertiary/aromatic N) is 1. The first-order valence-corrected chi connectivity index (χ1v) is 7.15. The van der Waals surface area contributed by atoms with Gasteiger partial charge in [-0.15, -0.1) is 0 Å². The molecule has 1 saturated heterocycles. The SMILES string of the molecule is CC(=O)N1CCC(C(=O)NCc2cccc(C)c2)CC1. The van der Waals surface area contributed by atoms with Crippen LogP contribution in [0.1, 0.15) is 30.9 Å². The molecular formula is C16H22N2O2. The molecule has 20 heavy (non-hydrogen) atoms. The molecule has 1 N–H and O–H groups in total.